The third-order valence-electron chi connectivity index (χ3n) is 6.13. The lowest BCUT2D eigenvalue weighted by atomic mass is 9.97. The van der Waals surface area contributed by atoms with E-state index in [1.165, 1.54) is 36.7 Å². The van der Waals surface area contributed by atoms with E-state index in [0.717, 1.165) is 24.1 Å². The summed E-state index contributed by atoms with van der Waals surface area (Å²) in [6, 6.07) is 11.5. The topological polar surface area (TPSA) is 92.3 Å². The average molecular weight is 519 g/mol. The van der Waals surface area contributed by atoms with E-state index in [0.29, 0.717) is 30.3 Å². The molecule has 2 aromatic carbocycles. The van der Waals surface area contributed by atoms with Crippen LogP contribution in [0.5, 0.6) is 0 Å². The number of aromatic nitrogens is 2. The summed E-state index contributed by atoms with van der Waals surface area (Å²) in [5.41, 5.74) is 1.28. The van der Waals surface area contributed by atoms with Crippen LogP contribution in [0.1, 0.15) is 36.0 Å². The zero-order chi connectivity index (χ0) is 25.9. The van der Waals surface area contributed by atoms with Crippen LogP contribution < -0.4 is 10.2 Å². The lowest BCUT2D eigenvalue weighted by Crippen LogP contribution is -2.22. The number of hydrogen-bond donors (Lipinski definition) is 1. The van der Waals surface area contributed by atoms with Crippen LogP contribution in [-0.2, 0) is 27.2 Å². The molecule has 11 heteroatoms. The second kappa shape index (κ2) is 10.3. The molecule has 0 radical (unpaired) electrons. The number of nitrogens with zero attached hydrogens (tertiary/aromatic N) is 3. The number of anilines is 2. The van der Waals surface area contributed by atoms with Gasteiger partial charge >= 0.3 is 6.18 Å². The molecule has 1 atom stereocenters. The van der Waals surface area contributed by atoms with E-state index in [1.807, 2.05) is 4.90 Å². The van der Waals surface area contributed by atoms with Gasteiger partial charge in [0, 0.05) is 19.0 Å². The fourth-order valence-electron chi connectivity index (χ4n) is 4.08. The van der Waals surface area contributed by atoms with Gasteiger partial charge in [-0.2, -0.15) is 13.2 Å². The second-order valence-electron chi connectivity index (χ2n) is 8.60. The maximum Gasteiger partial charge on any atom is 0.416 e. The Kier molecular flexibility index (Phi) is 7.30. The molecular formula is C25H25F3N4O3S. The van der Waals surface area contributed by atoms with Crippen molar-refractivity contribution in [2.45, 2.75) is 36.8 Å². The molecule has 0 spiro atoms. The monoisotopic (exact) mass is 518 g/mol. The predicted octanol–water partition coefficient (Wildman–Crippen LogP) is 4.46. The molecule has 1 aromatic heterocycles. The van der Waals surface area contributed by atoms with Crippen LogP contribution in [0.4, 0.5) is 24.8 Å². The first-order chi connectivity index (χ1) is 17.0. The minimum Gasteiger partial charge on any atom is -0.340 e. The van der Waals surface area contributed by atoms with Crippen molar-refractivity contribution < 1.29 is 26.4 Å². The first-order valence-corrected chi connectivity index (χ1v) is 13.1. The summed E-state index contributed by atoms with van der Waals surface area (Å²) in [5.74, 6) is 0.278. The quantitative estimate of drug-likeness (QED) is 0.497. The average Bonchev–Trinajstić information content (AvgIpc) is 3.35. The summed E-state index contributed by atoms with van der Waals surface area (Å²) in [4.78, 5) is 23.2. The Bertz CT molecular complexity index is 1310. The number of carbonyl (C=O) groups is 1. The molecule has 0 saturated carbocycles. The van der Waals surface area contributed by atoms with E-state index in [4.69, 9.17) is 0 Å². The van der Waals surface area contributed by atoms with Gasteiger partial charge in [-0.1, -0.05) is 31.2 Å². The van der Waals surface area contributed by atoms with Crippen LogP contribution in [0.2, 0.25) is 0 Å². The molecule has 190 valence electrons. The Hall–Kier alpha value is -3.47. The van der Waals surface area contributed by atoms with E-state index in [2.05, 4.69) is 15.3 Å². The van der Waals surface area contributed by atoms with Crippen LogP contribution in [-0.4, -0.2) is 43.1 Å². The number of halogens is 3. The van der Waals surface area contributed by atoms with Crippen molar-refractivity contribution in [1.29, 1.82) is 0 Å². The highest BCUT2D eigenvalue weighted by atomic mass is 32.2. The van der Waals surface area contributed by atoms with Gasteiger partial charge in [-0.05, 0) is 41.8 Å². The summed E-state index contributed by atoms with van der Waals surface area (Å²) < 4.78 is 62.2. The predicted molar refractivity (Wildman–Crippen MR) is 130 cm³/mol. The van der Waals surface area contributed by atoms with Crippen molar-refractivity contribution in [2.75, 3.05) is 29.1 Å². The highest BCUT2D eigenvalue weighted by Crippen LogP contribution is 2.33. The zero-order valence-electron chi connectivity index (χ0n) is 19.5. The van der Waals surface area contributed by atoms with Gasteiger partial charge in [0.25, 0.3) is 0 Å². The summed E-state index contributed by atoms with van der Waals surface area (Å²) >= 11 is 0. The van der Waals surface area contributed by atoms with Crippen molar-refractivity contribution in [3.8, 4) is 0 Å². The molecule has 1 amide bonds. The highest BCUT2D eigenvalue weighted by molar-refractivity contribution is 7.91. The molecular weight excluding hydrogens is 493 g/mol. The molecule has 1 unspecified atom stereocenters. The van der Waals surface area contributed by atoms with E-state index in [9.17, 15) is 26.4 Å². The van der Waals surface area contributed by atoms with Gasteiger partial charge in [-0.25, -0.2) is 18.4 Å². The van der Waals surface area contributed by atoms with Crippen LogP contribution in [0.15, 0.2) is 65.8 Å². The maximum atomic E-state index is 12.8. The molecule has 2 heterocycles. The number of rotatable bonds is 7. The number of benzene rings is 2. The molecule has 1 aliphatic rings. The fourth-order valence-corrected chi connectivity index (χ4v) is 4.96. The maximum absolute atomic E-state index is 12.8. The zero-order valence-corrected chi connectivity index (χ0v) is 20.3. The van der Waals surface area contributed by atoms with Gasteiger partial charge in [-0.15, -0.1) is 0 Å². The Balaban J connectivity index is 1.32. The molecule has 4 rings (SSSR count). The largest absolute Gasteiger partial charge is 0.416 e. The van der Waals surface area contributed by atoms with Gasteiger partial charge in [0.15, 0.2) is 9.84 Å². The minimum absolute atomic E-state index is 0.00989. The SMILES string of the molecule is CCS(=O)(=O)c1ccc(CC(=O)Nc2cnc(N3CCC(c4ccc(C(F)(F)F)cc4)C3)nc2)cc1. The van der Waals surface area contributed by atoms with Gasteiger partial charge in [0.05, 0.1) is 40.7 Å². The van der Waals surface area contributed by atoms with E-state index >= 15 is 0 Å². The molecule has 0 aliphatic carbocycles. The molecule has 0 bridgehead atoms. The highest BCUT2D eigenvalue weighted by Gasteiger charge is 2.31. The van der Waals surface area contributed by atoms with Crippen molar-refractivity contribution in [3.63, 3.8) is 0 Å². The number of carbonyl (C=O) groups excluding carboxylic acids is 1. The molecule has 1 fully saturated rings. The van der Waals surface area contributed by atoms with E-state index in [-0.39, 0.29) is 28.9 Å². The van der Waals surface area contributed by atoms with Crippen molar-refractivity contribution >= 4 is 27.4 Å². The molecule has 3 aromatic rings. The minimum atomic E-state index is -4.35. The van der Waals surface area contributed by atoms with Gasteiger partial charge < -0.3 is 10.2 Å². The Morgan fingerprint density at radius 1 is 1.06 bits per heavy atom. The summed E-state index contributed by atoms with van der Waals surface area (Å²) in [6.07, 6.45) is -0.514. The lowest BCUT2D eigenvalue weighted by molar-refractivity contribution is -0.137. The molecule has 7 nitrogen and oxygen atoms in total. The first kappa shape index (κ1) is 25.6. The normalized spacial score (nSPS) is 16.2. The van der Waals surface area contributed by atoms with Crippen LogP contribution in [0.25, 0.3) is 0 Å². The number of sulfone groups is 1. The number of alkyl halides is 3. The lowest BCUT2D eigenvalue weighted by Gasteiger charge is -2.17. The molecule has 36 heavy (non-hydrogen) atoms. The molecule has 1 N–H and O–H groups in total. The molecule has 1 saturated heterocycles. The van der Waals surface area contributed by atoms with Gasteiger partial charge in [0.1, 0.15) is 0 Å². The van der Waals surface area contributed by atoms with Crippen molar-refractivity contribution in [2.24, 2.45) is 0 Å². The van der Waals surface area contributed by atoms with Gasteiger partial charge in [0.2, 0.25) is 11.9 Å². The van der Waals surface area contributed by atoms with Crippen molar-refractivity contribution in [1.82, 2.24) is 9.97 Å². The third kappa shape index (κ3) is 6.01. The standard InChI is InChI=1S/C25H25F3N4O3S/c1-2-36(34,35)22-9-3-17(4-10-22)13-23(33)31-21-14-29-24(30-15-21)32-12-11-19(16-32)18-5-7-20(8-6-18)25(26,27)28/h3-10,14-15,19H,2,11-13,16H2,1H3,(H,31,33). The Morgan fingerprint density at radius 2 is 1.69 bits per heavy atom. The van der Waals surface area contributed by atoms with Crippen LogP contribution >= 0.6 is 0 Å². The van der Waals surface area contributed by atoms with E-state index < -0.39 is 21.6 Å². The smallest absolute Gasteiger partial charge is 0.340 e. The number of amides is 1. The summed E-state index contributed by atoms with van der Waals surface area (Å²) in [7, 11) is -3.29. The Morgan fingerprint density at radius 3 is 2.28 bits per heavy atom. The second-order valence-corrected chi connectivity index (χ2v) is 10.9. The third-order valence-corrected chi connectivity index (χ3v) is 7.88. The summed E-state index contributed by atoms with van der Waals surface area (Å²) in [5, 5.41) is 2.72. The van der Waals surface area contributed by atoms with Crippen molar-refractivity contribution in [3.05, 3.63) is 77.6 Å². The number of hydrogen-bond acceptors (Lipinski definition) is 6. The van der Waals surface area contributed by atoms with Crippen LogP contribution in [0.3, 0.4) is 0 Å². The van der Waals surface area contributed by atoms with Crippen LogP contribution in [0, 0.1) is 0 Å². The fraction of sp³-hybridized carbons (Fsp3) is 0.320. The van der Waals surface area contributed by atoms with Gasteiger partial charge in [-0.3, -0.25) is 4.79 Å². The molecule has 1 aliphatic heterocycles. The summed E-state index contributed by atoms with van der Waals surface area (Å²) in [6.45, 7) is 2.83. The first-order valence-electron chi connectivity index (χ1n) is 11.4. The van der Waals surface area contributed by atoms with E-state index in [1.54, 1.807) is 19.1 Å². The number of nitrogens with one attached hydrogen (secondary N) is 1. The Labute approximate surface area is 207 Å².